The van der Waals surface area contributed by atoms with Gasteiger partial charge in [0, 0.05) is 37.1 Å². The predicted molar refractivity (Wildman–Crippen MR) is 141 cm³/mol. The van der Waals surface area contributed by atoms with Crippen molar-refractivity contribution in [2.45, 2.75) is 64.5 Å². The van der Waals surface area contributed by atoms with Gasteiger partial charge in [0.05, 0.1) is 17.3 Å². The van der Waals surface area contributed by atoms with E-state index in [2.05, 4.69) is 43.9 Å². The number of amides is 1. The van der Waals surface area contributed by atoms with E-state index in [0.29, 0.717) is 35.5 Å². The second-order valence-corrected chi connectivity index (χ2v) is 9.14. The van der Waals surface area contributed by atoms with Crippen molar-refractivity contribution < 1.29 is 4.79 Å². The fourth-order valence-corrected chi connectivity index (χ4v) is 4.25. The maximum atomic E-state index is 13.1. The zero-order chi connectivity index (χ0) is 25.2. The monoisotopic (exact) mass is 483 g/mol. The molecule has 1 saturated carbocycles. The topological polar surface area (TPSA) is 116 Å². The maximum Gasteiger partial charge on any atom is 0.256 e. The molecule has 1 aromatic carbocycles. The van der Waals surface area contributed by atoms with Crippen LogP contribution in [0.25, 0.3) is 11.3 Å². The van der Waals surface area contributed by atoms with Gasteiger partial charge < -0.3 is 16.0 Å². The molecule has 3 N–H and O–H groups in total. The fraction of sp³-hybridized carbons (Fsp3) is 0.393. The summed E-state index contributed by atoms with van der Waals surface area (Å²) in [5.74, 6) is 0.910. The molecule has 4 rings (SSSR count). The molecule has 8 nitrogen and oxygen atoms in total. The van der Waals surface area contributed by atoms with Gasteiger partial charge in [0.2, 0.25) is 5.95 Å². The first kappa shape index (κ1) is 25.1. The highest BCUT2D eigenvalue weighted by Crippen LogP contribution is 2.23. The standard InChI is InChI=1S/C28H33N7O/c1-2-3-15-30-28-33-19-24(26(35-28)34-23-7-5-4-6-8-23)27(36)32-18-21-11-14-25(31-17-21)22-12-9-20(16-29)10-13-22/h9-14,17,19,23H,2-8,15,18H2,1H3,(H,32,36)(H2,30,33,34,35). The van der Waals surface area contributed by atoms with Gasteiger partial charge in [-0.1, -0.05) is 50.8 Å². The molecule has 0 spiro atoms. The van der Waals surface area contributed by atoms with Gasteiger partial charge in [0.1, 0.15) is 11.4 Å². The number of nitrogens with one attached hydrogen (secondary N) is 3. The van der Waals surface area contributed by atoms with E-state index in [1.165, 1.54) is 19.3 Å². The second kappa shape index (κ2) is 12.6. The Morgan fingerprint density at radius 3 is 2.56 bits per heavy atom. The minimum atomic E-state index is -0.218. The molecule has 1 amide bonds. The van der Waals surface area contributed by atoms with E-state index in [9.17, 15) is 4.79 Å². The molecule has 2 heterocycles. The van der Waals surface area contributed by atoms with E-state index < -0.39 is 0 Å². The first-order valence-electron chi connectivity index (χ1n) is 12.8. The van der Waals surface area contributed by atoms with Crippen LogP contribution in [-0.2, 0) is 6.54 Å². The minimum absolute atomic E-state index is 0.218. The third-order valence-corrected chi connectivity index (χ3v) is 6.38. The summed E-state index contributed by atoms with van der Waals surface area (Å²) in [6.07, 6.45) is 11.3. The van der Waals surface area contributed by atoms with Crippen molar-refractivity contribution in [2.75, 3.05) is 17.2 Å². The van der Waals surface area contributed by atoms with Crippen LogP contribution in [0.1, 0.15) is 73.4 Å². The van der Waals surface area contributed by atoms with E-state index in [1.54, 1.807) is 24.5 Å². The molecule has 0 saturated heterocycles. The molecule has 0 radical (unpaired) electrons. The molecule has 1 aliphatic rings. The van der Waals surface area contributed by atoms with Crippen LogP contribution in [0.15, 0.2) is 48.8 Å². The van der Waals surface area contributed by atoms with E-state index in [-0.39, 0.29) is 5.91 Å². The lowest BCUT2D eigenvalue weighted by atomic mass is 9.95. The highest BCUT2D eigenvalue weighted by Gasteiger charge is 2.20. The van der Waals surface area contributed by atoms with Crippen LogP contribution in [0.3, 0.4) is 0 Å². The summed E-state index contributed by atoms with van der Waals surface area (Å²) in [6.45, 7) is 3.29. The molecular weight excluding hydrogens is 450 g/mol. The van der Waals surface area contributed by atoms with Crippen LogP contribution >= 0.6 is 0 Å². The third kappa shape index (κ3) is 6.79. The van der Waals surface area contributed by atoms with E-state index in [4.69, 9.17) is 5.26 Å². The molecule has 0 aliphatic heterocycles. The van der Waals surface area contributed by atoms with Crippen molar-refractivity contribution >= 4 is 17.7 Å². The average Bonchev–Trinajstić information content (AvgIpc) is 2.93. The summed E-state index contributed by atoms with van der Waals surface area (Å²) in [6, 6.07) is 13.6. The lowest BCUT2D eigenvalue weighted by Gasteiger charge is -2.24. The summed E-state index contributed by atoms with van der Waals surface area (Å²) in [5, 5.41) is 18.7. The Labute approximate surface area is 212 Å². The summed E-state index contributed by atoms with van der Waals surface area (Å²) < 4.78 is 0. The number of carbonyl (C=O) groups excluding carboxylic acids is 1. The number of carbonyl (C=O) groups is 1. The Bertz CT molecular complexity index is 1180. The number of anilines is 2. The quantitative estimate of drug-likeness (QED) is 0.335. The van der Waals surface area contributed by atoms with Crippen LogP contribution in [0.2, 0.25) is 0 Å². The van der Waals surface area contributed by atoms with E-state index in [0.717, 1.165) is 49.0 Å². The summed E-state index contributed by atoms with van der Waals surface area (Å²) in [5.41, 5.74) is 3.70. The van der Waals surface area contributed by atoms with Crippen LogP contribution in [0, 0.1) is 11.3 Å². The molecule has 3 aromatic rings. The Morgan fingerprint density at radius 1 is 1.06 bits per heavy atom. The number of nitrogens with zero attached hydrogens (tertiary/aromatic N) is 4. The Hall–Kier alpha value is -3.99. The van der Waals surface area contributed by atoms with Gasteiger partial charge in [-0.2, -0.15) is 10.2 Å². The number of unbranched alkanes of at least 4 members (excludes halogenated alkanes) is 1. The minimum Gasteiger partial charge on any atom is -0.367 e. The smallest absolute Gasteiger partial charge is 0.256 e. The van der Waals surface area contributed by atoms with E-state index >= 15 is 0 Å². The number of hydrogen-bond acceptors (Lipinski definition) is 7. The Morgan fingerprint density at radius 2 is 1.86 bits per heavy atom. The average molecular weight is 484 g/mol. The number of pyridine rings is 1. The van der Waals surface area contributed by atoms with Crippen LogP contribution in [0.4, 0.5) is 11.8 Å². The largest absolute Gasteiger partial charge is 0.367 e. The molecule has 1 aliphatic carbocycles. The van der Waals surface area contributed by atoms with Crippen molar-refractivity contribution in [3.63, 3.8) is 0 Å². The molecule has 0 bridgehead atoms. The van der Waals surface area contributed by atoms with Gasteiger partial charge in [-0.25, -0.2) is 4.98 Å². The second-order valence-electron chi connectivity index (χ2n) is 9.14. The van der Waals surface area contributed by atoms with Gasteiger partial charge >= 0.3 is 0 Å². The summed E-state index contributed by atoms with van der Waals surface area (Å²) in [4.78, 5) is 26.6. The zero-order valence-electron chi connectivity index (χ0n) is 20.8. The fourth-order valence-electron chi connectivity index (χ4n) is 4.25. The first-order chi connectivity index (χ1) is 17.7. The SMILES string of the molecule is CCCCNc1ncc(C(=O)NCc2ccc(-c3ccc(C#N)cc3)nc2)c(NC2CCCCC2)n1. The van der Waals surface area contributed by atoms with Crippen molar-refractivity contribution in [3.05, 3.63) is 65.5 Å². The third-order valence-electron chi connectivity index (χ3n) is 6.38. The normalized spacial score (nSPS) is 13.6. The number of nitriles is 1. The van der Waals surface area contributed by atoms with Crippen LogP contribution < -0.4 is 16.0 Å². The Kier molecular flexibility index (Phi) is 8.82. The molecule has 2 aromatic heterocycles. The van der Waals surface area contributed by atoms with Crippen LogP contribution in [0.5, 0.6) is 0 Å². The van der Waals surface area contributed by atoms with Gasteiger partial charge in [0.25, 0.3) is 5.91 Å². The first-order valence-corrected chi connectivity index (χ1v) is 12.8. The number of aromatic nitrogens is 3. The highest BCUT2D eigenvalue weighted by atomic mass is 16.1. The number of benzene rings is 1. The lowest BCUT2D eigenvalue weighted by Crippen LogP contribution is -2.28. The lowest BCUT2D eigenvalue weighted by molar-refractivity contribution is 0.0951. The Balaban J connectivity index is 1.42. The molecule has 36 heavy (non-hydrogen) atoms. The molecule has 1 fully saturated rings. The van der Waals surface area contributed by atoms with Crippen LogP contribution in [-0.4, -0.2) is 33.4 Å². The van der Waals surface area contributed by atoms with Gasteiger partial charge in [-0.3, -0.25) is 9.78 Å². The number of rotatable bonds is 10. The summed E-state index contributed by atoms with van der Waals surface area (Å²) in [7, 11) is 0. The van der Waals surface area contributed by atoms with Crippen molar-refractivity contribution in [1.29, 1.82) is 5.26 Å². The van der Waals surface area contributed by atoms with Gasteiger partial charge in [-0.15, -0.1) is 0 Å². The van der Waals surface area contributed by atoms with Crippen molar-refractivity contribution in [2.24, 2.45) is 0 Å². The zero-order valence-corrected chi connectivity index (χ0v) is 20.8. The molecule has 186 valence electrons. The molecule has 0 unspecified atom stereocenters. The van der Waals surface area contributed by atoms with Crippen molar-refractivity contribution in [1.82, 2.24) is 20.3 Å². The number of hydrogen-bond donors (Lipinski definition) is 3. The molecule has 0 atom stereocenters. The van der Waals surface area contributed by atoms with E-state index in [1.807, 2.05) is 24.3 Å². The van der Waals surface area contributed by atoms with Gasteiger partial charge in [-0.05, 0) is 43.0 Å². The summed E-state index contributed by atoms with van der Waals surface area (Å²) >= 11 is 0. The molecule has 8 heteroatoms. The van der Waals surface area contributed by atoms with Crippen molar-refractivity contribution in [3.8, 4) is 17.3 Å². The maximum absolute atomic E-state index is 13.1. The molecular formula is C28H33N7O. The highest BCUT2D eigenvalue weighted by molar-refractivity contribution is 5.98. The predicted octanol–water partition coefficient (Wildman–Crippen LogP) is 5.30. The van der Waals surface area contributed by atoms with Gasteiger partial charge in [0.15, 0.2) is 0 Å².